The summed E-state index contributed by atoms with van der Waals surface area (Å²) in [5.74, 6) is -2.78. The van der Waals surface area contributed by atoms with Crippen molar-refractivity contribution >= 4 is 11.4 Å². The van der Waals surface area contributed by atoms with E-state index in [0.29, 0.717) is 0 Å². The molecule has 0 heterocycles. The molecule has 8 heteroatoms. The highest BCUT2D eigenvalue weighted by Gasteiger charge is 2.21. The van der Waals surface area contributed by atoms with Crippen molar-refractivity contribution in [2.75, 3.05) is 7.05 Å². The Bertz CT molecular complexity index is 169. The Morgan fingerprint density at radius 2 is 2.08 bits per heavy atom. The van der Waals surface area contributed by atoms with Crippen LogP contribution in [0.3, 0.4) is 0 Å². The summed E-state index contributed by atoms with van der Waals surface area (Å²) in [5, 5.41) is 28.0. The summed E-state index contributed by atoms with van der Waals surface area (Å²) >= 11 is -2.43. The first-order chi connectivity index (χ1) is 5.85. The van der Waals surface area contributed by atoms with Gasteiger partial charge in [0.05, 0.1) is 0 Å². The van der Waals surface area contributed by atoms with Crippen molar-refractivity contribution in [2.24, 2.45) is 0 Å². The maximum absolute atomic E-state index is 10.2. The molecular formula is C5H13NO6S. The highest BCUT2D eigenvalue weighted by molar-refractivity contribution is 7.74. The molecule has 0 aliphatic rings. The van der Waals surface area contributed by atoms with E-state index in [-0.39, 0.29) is 6.42 Å². The fraction of sp³-hybridized carbons (Fsp3) is 1.00. The zero-order valence-corrected chi connectivity index (χ0v) is 7.82. The Morgan fingerprint density at radius 1 is 1.54 bits per heavy atom. The molecule has 5 N–H and O–H groups in total. The molecule has 0 fully saturated rings. The smallest absolute Gasteiger partial charge is 0.303 e. The predicted octanol–water partition coefficient (Wildman–Crippen LogP) is -1.90. The Morgan fingerprint density at radius 3 is 2.38 bits per heavy atom. The highest BCUT2D eigenvalue weighted by Crippen LogP contribution is 2.08. The first-order valence-electron chi connectivity index (χ1n) is 3.47. The largest absolute Gasteiger partial charge is 0.344 e. The SMILES string of the molecule is CNC(CCC(O)(O)O)OS(=O)O. The van der Waals surface area contributed by atoms with Crippen molar-refractivity contribution in [1.82, 2.24) is 5.32 Å². The summed E-state index contributed by atoms with van der Waals surface area (Å²) in [6, 6.07) is 0. The molecular weight excluding hydrogens is 202 g/mol. The molecule has 0 spiro atoms. The van der Waals surface area contributed by atoms with E-state index in [1.54, 1.807) is 0 Å². The summed E-state index contributed by atoms with van der Waals surface area (Å²) in [5.41, 5.74) is 0. The van der Waals surface area contributed by atoms with Gasteiger partial charge in [-0.3, -0.25) is 9.87 Å². The van der Waals surface area contributed by atoms with E-state index >= 15 is 0 Å². The lowest BCUT2D eigenvalue weighted by Crippen LogP contribution is -2.34. The zero-order valence-electron chi connectivity index (χ0n) is 7.01. The lowest BCUT2D eigenvalue weighted by Gasteiger charge is -2.18. The van der Waals surface area contributed by atoms with Gasteiger partial charge in [0.15, 0.2) is 0 Å². The van der Waals surface area contributed by atoms with Gasteiger partial charge in [-0.25, -0.2) is 4.18 Å². The first-order valence-corrected chi connectivity index (χ1v) is 4.50. The minimum atomic E-state index is -2.78. The lowest BCUT2D eigenvalue weighted by molar-refractivity contribution is -0.316. The van der Waals surface area contributed by atoms with Crippen molar-refractivity contribution in [3.8, 4) is 0 Å². The van der Waals surface area contributed by atoms with Crippen LogP contribution in [0.15, 0.2) is 0 Å². The summed E-state index contributed by atoms with van der Waals surface area (Å²) in [6.45, 7) is 0. The average molecular weight is 215 g/mol. The van der Waals surface area contributed by atoms with Crippen molar-refractivity contribution in [3.05, 3.63) is 0 Å². The van der Waals surface area contributed by atoms with E-state index in [9.17, 15) is 4.21 Å². The van der Waals surface area contributed by atoms with Crippen LogP contribution in [0.1, 0.15) is 12.8 Å². The maximum Gasteiger partial charge on any atom is 0.303 e. The molecule has 2 unspecified atom stereocenters. The van der Waals surface area contributed by atoms with Crippen LogP contribution >= 0.6 is 0 Å². The number of aliphatic hydroxyl groups is 3. The fourth-order valence-electron chi connectivity index (χ4n) is 0.665. The van der Waals surface area contributed by atoms with E-state index < -0.39 is 30.0 Å². The lowest BCUT2D eigenvalue weighted by atomic mass is 10.2. The maximum atomic E-state index is 10.2. The molecule has 7 nitrogen and oxygen atoms in total. The Labute approximate surface area is 77.8 Å². The Hall–Kier alpha value is -0.0900. The van der Waals surface area contributed by atoms with Crippen LogP contribution in [0.4, 0.5) is 0 Å². The van der Waals surface area contributed by atoms with Gasteiger partial charge in [0.25, 0.3) is 5.97 Å². The molecule has 0 aromatic heterocycles. The summed E-state index contributed by atoms with van der Waals surface area (Å²) in [7, 11) is 1.46. The predicted molar refractivity (Wildman–Crippen MR) is 43.3 cm³/mol. The van der Waals surface area contributed by atoms with Crippen LogP contribution in [0.25, 0.3) is 0 Å². The van der Waals surface area contributed by atoms with E-state index in [1.165, 1.54) is 7.05 Å². The standard InChI is InChI=1S/C5H13NO6S/c1-6-4(12-13(10)11)2-3-5(7,8)9/h4,6-9H,2-3H2,1H3,(H,10,11). The van der Waals surface area contributed by atoms with Gasteiger partial charge in [0.1, 0.15) is 6.23 Å². The molecule has 0 saturated carbocycles. The molecule has 0 radical (unpaired) electrons. The van der Waals surface area contributed by atoms with Crippen LogP contribution in [0.2, 0.25) is 0 Å². The minimum Gasteiger partial charge on any atom is -0.344 e. The molecule has 0 aromatic rings. The van der Waals surface area contributed by atoms with Crippen LogP contribution < -0.4 is 5.32 Å². The number of nitrogens with one attached hydrogen (secondary N) is 1. The van der Waals surface area contributed by atoms with Gasteiger partial charge in [0.2, 0.25) is 0 Å². The normalized spacial score (nSPS) is 17.0. The first kappa shape index (κ1) is 12.9. The monoisotopic (exact) mass is 215 g/mol. The van der Waals surface area contributed by atoms with E-state index in [0.717, 1.165) is 0 Å². The summed E-state index contributed by atoms with van der Waals surface area (Å²) in [4.78, 5) is 0. The third-order valence-corrected chi connectivity index (χ3v) is 1.66. The van der Waals surface area contributed by atoms with Gasteiger partial charge >= 0.3 is 11.4 Å². The molecule has 0 rings (SSSR count). The van der Waals surface area contributed by atoms with Gasteiger partial charge in [-0.05, 0) is 13.5 Å². The van der Waals surface area contributed by atoms with Crippen molar-refractivity contribution < 1.29 is 28.3 Å². The fourth-order valence-corrected chi connectivity index (χ4v) is 1.06. The van der Waals surface area contributed by atoms with Crippen LogP contribution in [0, 0.1) is 0 Å². The molecule has 0 aliphatic heterocycles. The Balaban J connectivity index is 3.79. The summed E-state index contributed by atoms with van der Waals surface area (Å²) in [6.07, 6.45) is -1.24. The third-order valence-electron chi connectivity index (χ3n) is 1.26. The minimum absolute atomic E-state index is 0.0215. The number of hydrogen-bond acceptors (Lipinski definition) is 6. The van der Waals surface area contributed by atoms with Gasteiger partial charge in [-0.1, -0.05) is 0 Å². The van der Waals surface area contributed by atoms with Crippen molar-refractivity contribution in [1.29, 1.82) is 0 Å². The van der Waals surface area contributed by atoms with Gasteiger partial charge in [0, 0.05) is 6.42 Å². The summed E-state index contributed by atoms with van der Waals surface area (Å²) < 4.78 is 22.8. The molecule has 80 valence electrons. The van der Waals surface area contributed by atoms with Crippen LogP contribution in [-0.2, 0) is 15.5 Å². The van der Waals surface area contributed by atoms with Gasteiger partial charge in [-0.15, -0.1) is 0 Å². The molecule has 0 bridgehead atoms. The van der Waals surface area contributed by atoms with Gasteiger partial charge in [-0.2, -0.15) is 4.21 Å². The molecule has 0 aromatic carbocycles. The molecule has 13 heavy (non-hydrogen) atoms. The Kier molecular flexibility index (Phi) is 5.56. The zero-order chi connectivity index (χ0) is 10.5. The molecule has 2 atom stereocenters. The quantitative estimate of drug-likeness (QED) is 0.259. The van der Waals surface area contributed by atoms with E-state index in [1.807, 2.05) is 0 Å². The number of hydrogen-bond donors (Lipinski definition) is 5. The van der Waals surface area contributed by atoms with Crippen LogP contribution in [-0.4, -0.2) is 43.3 Å². The average Bonchev–Trinajstić information content (AvgIpc) is 1.95. The van der Waals surface area contributed by atoms with Crippen molar-refractivity contribution in [2.45, 2.75) is 25.0 Å². The third kappa shape index (κ3) is 8.25. The molecule has 0 aliphatic carbocycles. The van der Waals surface area contributed by atoms with E-state index in [2.05, 4.69) is 9.50 Å². The van der Waals surface area contributed by atoms with Crippen molar-refractivity contribution in [3.63, 3.8) is 0 Å². The van der Waals surface area contributed by atoms with E-state index in [4.69, 9.17) is 19.9 Å². The second kappa shape index (κ2) is 5.60. The van der Waals surface area contributed by atoms with Crippen LogP contribution in [0.5, 0.6) is 0 Å². The second-order valence-electron chi connectivity index (χ2n) is 2.40. The molecule has 0 saturated heterocycles. The molecule has 0 amide bonds. The highest BCUT2D eigenvalue weighted by atomic mass is 32.2. The van der Waals surface area contributed by atoms with Gasteiger partial charge < -0.3 is 15.3 Å². The topological polar surface area (TPSA) is 119 Å². The number of rotatable bonds is 6. The second-order valence-corrected chi connectivity index (χ2v) is 3.03.